The number of aromatic nitrogens is 3. The quantitative estimate of drug-likeness (QED) is 0.361. The molecule has 1 aliphatic rings. The first-order valence-electron chi connectivity index (χ1n) is 12.1. The van der Waals surface area contributed by atoms with Crippen LogP contribution in [0.5, 0.6) is 5.75 Å². The summed E-state index contributed by atoms with van der Waals surface area (Å²) in [4.78, 5) is 20.3. The summed E-state index contributed by atoms with van der Waals surface area (Å²) in [5.41, 5.74) is 16.3. The fraction of sp³-hybridized carbons (Fsp3) is 0.346. The van der Waals surface area contributed by atoms with Crippen LogP contribution in [0.2, 0.25) is 5.02 Å². The van der Waals surface area contributed by atoms with E-state index in [2.05, 4.69) is 42.0 Å². The number of halogens is 1. The molecule has 0 unspecified atom stereocenters. The van der Waals surface area contributed by atoms with E-state index in [4.69, 9.17) is 27.8 Å². The summed E-state index contributed by atoms with van der Waals surface area (Å²) in [6, 6.07) is 9.30. The topological polar surface area (TPSA) is 122 Å². The van der Waals surface area contributed by atoms with Gasteiger partial charge in [-0.2, -0.15) is 0 Å². The lowest BCUT2D eigenvalue weighted by atomic mass is 10.1. The summed E-state index contributed by atoms with van der Waals surface area (Å²) in [5, 5.41) is 3.57. The van der Waals surface area contributed by atoms with Gasteiger partial charge in [0, 0.05) is 70.4 Å². The lowest BCUT2D eigenvalue weighted by molar-refractivity contribution is 0.157. The number of methoxy groups -OCH3 is 1. The maximum Gasteiger partial charge on any atom is 0.227 e. The molecule has 0 saturated carbocycles. The Morgan fingerprint density at radius 3 is 2.68 bits per heavy atom. The van der Waals surface area contributed by atoms with Gasteiger partial charge >= 0.3 is 0 Å². The Bertz CT molecular complexity index is 1230. The van der Waals surface area contributed by atoms with Gasteiger partial charge in [0.15, 0.2) is 0 Å². The second kappa shape index (κ2) is 12.1. The molecule has 0 amide bonds. The molecule has 0 atom stereocenters. The molecule has 1 aromatic carbocycles. The molecular formula is C26H34ClN9O. The fourth-order valence-electron chi connectivity index (χ4n) is 4.21. The summed E-state index contributed by atoms with van der Waals surface area (Å²) in [6.07, 6.45) is 4.64. The number of rotatable bonds is 9. The molecule has 11 heteroatoms. The molecule has 10 nitrogen and oxygen atoms in total. The third-order valence-corrected chi connectivity index (χ3v) is 6.74. The minimum atomic E-state index is 0.323. The van der Waals surface area contributed by atoms with Crippen molar-refractivity contribution >= 4 is 40.2 Å². The summed E-state index contributed by atoms with van der Waals surface area (Å²) in [6.45, 7) is 6.18. The van der Waals surface area contributed by atoms with E-state index in [-0.39, 0.29) is 0 Å². The van der Waals surface area contributed by atoms with Crippen molar-refractivity contribution < 1.29 is 4.74 Å². The molecule has 0 aliphatic carbocycles. The lowest BCUT2D eigenvalue weighted by Crippen LogP contribution is -2.46. The second-order valence-electron chi connectivity index (χ2n) is 8.99. The van der Waals surface area contributed by atoms with Crippen LogP contribution in [0.15, 0.2) is 48.9 Å². The van der Waals surface area contributed by atoms with Crippen molar-refractivity contribution in [2.45, 2.75) is 0 Å². The molecule has 1 fully saturated rings. The first kappa shape index (κ1) is 26.5. The maximum absolute atomic E-state index is 6.47. The highest BCUT2D eigenvalue weighted by molar-refractivity contribution is 6.32. The van der Waals surface area contributed by atoms with Crippen molar-refractivity contribution in [2.24, 2.45) is 5.73 Å². The van der Waals surface area contributed by atoms with Crippen molar-refractivity contribution in [3.63, 3.8) is 0 Å². The lowest BCUT2D eigenvalue weighted by Gasteiger charge is -2.34. The molecule has 3 aromatic rings. The number of nitrogen functional groups attached to an aromatic ring is 1. The van der Waals surface area contributed by atoms with E-state index >= 15 is 0 Å². The molecule has 37 heavy (non-hydrogen) atoms. The summed E-state index contributed by atoms with van der Waals surface area (Å²) in [5.74, 6) is 0.943. The largest absolute Gasteiger partial charge is 0.494 e. The SMILES string of the molecule is COc1cc(N(C)CCN2CCN(C)CC2)c(N)cc1Nc1ncc(Cl)c(C(=CN)c2ccccn2)n1. The van der Waals surface area contributed by atoms with Gasteiger partial charge in [0.1, 0.15) is 5.75 Å². The zero-order valence-corrected chi connectivity index (χ0v) is 22.2. The number of ether oxygens (including phenoxy) is 1. The van der Waals surface area contributed by atoms with Gasteiger partial charge in [-0.05, 0) is 25.2 Å². The number of benzene rings is 1. The predicted octanol–water partition coefficient (Wildman–Crippen LogP) is 2.89. The monoisotopic (exact) mass is 523 g/mol. The fourth-order valence-corrected chi connectivity index (χ4v) is 4.40. The number of nitrogens with two attached hydrogens (primary N) is 2. The smallest absolute Gasteiger partial charge is 0.227 e. The molecule has 5 N–H and O–H groups in total. The summed E-state index contributed by atoms with van der Waals surface area (Å²) < 4.78 is 5.68. The Morgan fingerprint density at radius 2 is 2.00 bits per heavy atom. The van der Waals surface area contributed by atoms with Crippen LogP contribution >= 0.6 is 11.6 Å². The van der Waals surface area contributed by atoms with Gasteiger partial charge < -0.3 is 31.3 Å². The Morgan fingerprint density at radius 1 is 1.22 bits per heavy atom. The van der Waals surface area contributed by atoms with E-state index in [1.807, 2.05) is 37.4 Å². The van der Waals surface area contributed by atoms with Crippen LogP contribution in [-0.2, 0) is 0 Å². The zero-order valence-electron chi connectivity index (χ0n) is 21.5. The van der Waals surface area contributed by atoms with Crippen LogP contribution < -0.4 is 26.4 Å². The van der Waals surface area contributed by atoms with E-state index in [1.165, 1.54) is 12.4 Å². The molecule has 1 saturated heterocycles. The molecular weight excluding hydrogens is 490 g/mol. The molecule has 0 radical (unpaired) electrons. The van der Waals surface area contributed by atoms with Crippen molar-refractivity contribution in [3.05, 3.63) is 65.3 Å². The van der Waals surface area contributed by atoms with E-state index in [0.29, 0.717) is 45.1 Å². The third kappa shape index (κ3) is 6.40. The number of likely N-dealkylation sites (N-methyl/N-ethyl adjacent to an activating group) is 2. The first-order chi connectivity index (χ1) is 17.9. The van der Waals surface area contributed by atoms with Gasteiger partial charge in [0.25, 0.3) is 0 Å². The highest BCUT2D eigenvalue weighted by Crippen LogP contribution is 2.36. The van der Waals surface area contributed by atoms with Gasteiger partial charge in [-0.3, -0.25) is 9.88 Å². The first-order valence-corrected chi connectivity index (χ1v) is 12.5. The van der Waals surface area contributed by atoms with E-state index in [9.17, 15) is 0 Å². The Balaban J connectivity index is 1.52. The molecule has 1 aliphatic heterocycles. The van der Waals surface area contributed by atoms with Crippen LogP contribution in [0.1, 0.15) is 11.4 Å². The third-order valence-electron chi connectivity index (χ3n) is 6.46. The molecule has 2 aromatic heterocycles. The second-order valence-corrected chi connectivity index (χ2v) is 9.40. The average molecular weight is 524 g/mol. The number of pyridine rings is 1. The van der Waals surface area contributed by atoms with Crippen molar-refractivity contribution in [1.29, 1.82) is 0 Å². The normalized spacial score (nSPS) is 15.0. The van der Waals surface area contributed by atoms with Crippen molar-refractivity contribution in [2.75, 3.05) is 76.4 Å². The van der Waals surface area contributed by atoms with E-state index in [1.54, 1.807) is 13.3 Å². The van der Waals surface area contributed by atoms with Gasteiger partial charge in [-0.25, -0.2) is 9.97 Å². The number of nitrogens with one attached hydrogen (secondary N) is 1. The highest BCUT2D eigenvalue weighted by atomic mass is 35.5. The van der Waals surface area contributed by atoms with Crippen LogP contribution in [-0.4, -0.2) is 85.2 Å². The van der Waals surface area contributed by atoms with Crippen LogP contribution in [0.25, 0.3) is 5.57 Å². The minimum absolute atomic E-state index is 0.323. The van der Waals surface area contributed by atoms with Crippen molar-refractivity contribution in [3.8, 4) is 5.75 Å². The van der Waals surface area contributed by atoms with Crippen LogP contribution in [0.3, 0.4) is 0 Å². The van der Waals surface area contributed by atoms with Gasteiger partial charge in [-0.15, -0.1) is 0 Å². The van der Waals surface area contributed by atoms with Crippen molar-refractivity contribution in [1.82, 2.24) is 24.8 Å². The van der Waals surface area contributed by atoms with E-state index in [0.717, 1.165) is 45.0 Å². The number of anilines is 4. The van der Waals surface area contributed by atoms with Gasteiger partial charge in [-0.1, -0.05) is 17.7 Å². The Kier molecular flexibility index (Phi) is 8.65. The molecule has 3 heterocycles. The molecule has 0 bridgehead atoms. The minimum Gasteiger partial charge on any atom is -0.494 e. The van der Waals surface area contributed by atoms with Crippen LogP contribution in [0.4, 0.5) is 23.0 Å². The van der Waals surface area contributed by atoms with Crippen LogP contribution in [0, 0.1) is 0 Å². The summed E-state index contributed by atoms with van der Waals surface area (Å²) in [7, 11) is 5.83. The number of nitrogens with zero attached hydrogens (tertiary/aromatic N) is 6. The molecule has 196 valence electrons. The summed E-state index contributed by atoms with van der Waals surface area (Å²) >= 11 is 6.42. The predicted molar refractivity (Wildman–Crippen MR) is 150 cm³/mol. The van der Waals surface area contributed by atoms with Gasteiger partial charge in [0.05, 0.1) is 46.8 Å². The standard InChI is InChI=1S/C26H34ClN9O/c1-34-8-11-36(12-9-34)13-10-35(2)23-15-24(37-3)22(14-20(23)29)32-26-31-17-19(27)25(33-26)18(16-28)21-6-4-5-7-30-21/h4-7,14-17H,8-13,28-29H2,1-3H3,(H,31,32,33). The average Bonchev–Trinajstić information content (AvgIpc) is 2.91. The highest BCUT2D eigenvalue weighted by Gasteiger charge is 2.18. The molecule has 0 spiro atoms. The number of hydrogen-bond acceptors (Lipinski definition) is 10. The number of piperazine rings is 1. The zero-order chi connectivity index (χ0) is 26.4. The Labute approximate surface area is 222 Å². The van der Waals surface area contributed by atoms with E-state index < -0.39 is 0 Å². The molecule has 4 rings (SSSR count). The number of hydrogen-bond donors (Lipinski definition) is 3. The Hall–Kier alpha value is -3.60. The van der Waals surface area contributed by atoms with Gasteiger partial charge in [0.2, 0.25) is 5.95 Å². The maximum atomic E-state index is 6.47.